The molecule has 0 aliphatic carbocycles. The lowest BCUT2D eigenvalue weighted by atomic mass is 10.6. The van der Waals surface area contributed by atoms with E-state index in [1.807, 2.05) is 0 Å². The van der Waals surface area contributed by atoms with E-state index in [9.17, 15) is 8.42 Å². The average molecular weight is 194 g/mol. The predicted molar refractivity (Wildman–Crippen MR) is 52.5 cm³/mol. The summed E-state index contributed by atoms with van der Waals surface area (Å²) in [7, 11) is -3.75. The van der Waals surface area contributed by atoms with Crippen LogP contribution in [0.2, 0.25) is 25.7 Å². The van der Waals surface area contributed by atoms with Crippen molar-refractivity contribution in [3.63, 3.8) is 0 Å². The highest BCUT2D eigenvalue weighted by Gasteiger charge is 2.13. The second-order valence-electron chi connectivity index (χ2n) is 4.29. The van der Waals surface area contributed by atoms with Crippen LogP contribution in [0.5, 0.6) is 0 Å². The summed E-state index contributed by atoms with van der Waals surface area (Å²) >= 11 is 0. The minimum Gasteiger partial charge on any atom is -0.229 e. The smallest absolute Gasteiger partial charge is 0.147 e. The van der Waals surface area contributed by atoms with Crippen molar-refractivity contribution in [2.24, 2.45) is 0 Å². The van der Waals surface area contributed by atoms with Crippen LogP contribution < -0.4 is 0 Å². The predicted octanol–water partition coefficient (Wildman–Crippen LogP) is 1.76. The largest absolute Gasteiger partial charge is 0.229 e. The zero-order valence-corrected chi connectivity index (χ0v) is 9.66. The van der Waals surface area contributed by atoms with E-state index in [0.717, 1.165) is 12.5 Å². The number of hydrogen-bond donors (Lipinski definition) is 0. The van der Waals surface area contributed by atoms with E-state index >= 15 is 0 Å². The molecule has 0 radical (unpaired) electrons. The van der Waals surface area contributed by atoms with Gasteiger partial charge >= 0.3 is 0 Å². The van der Waals surface area contributed by atoms with Gasteiger partial charge in [-0.25, -0.2) is 8.42 Å². The lowest BCUT2D eigenvalue weighted by molar-refractivity contribution is 0.600. The fraction of sp³-hybridized carbons (Fsp3) is 1.00. The first-order valence-electron chi connectivity index (χ1n) is 3.88. The molecule has 11 heavy (non-hydrogen) atoms. The second kappa shape index (κ2) is 3.71. The Morgan fingerprint density at radius 3 is 1.91 bits per heavy atom. The van der Waals surface area contributed by atoms with Gasteiger partial charge in [0.25, 0.3) is 0 Å². The molecule has 0 N–H and O–H groups in total. The molecule has 0 aromatic rings. The summed E-state index contributed by atoms with van der Waals surface area (Å²) in [6.07, 6.45) is 2.14. The molecule has 0 bridgehead atoms. The van der Waals surface area contributed by atoms with E-state index in [2.05, 4.69) is 19.6 Å². The van der Waals surface area contributed by atoms with Gasteiger partial charge < -0.3 is 0 Å². The van der Waals surface area contributed by atoms with Crippen LogP contribution in [0.4, 0.5) is 0 Å². The monoisotopic (exact) mass is 194 g/mol. The number of rotatable bonds is 4. The normalized spacial score (nSPS) is 13.5. The molecule has 0 aliphatic heterocycles. The molecule has 0 aliphatic rings. The van der Waals surface area contributed by atoms with Crippen LogP contribution in [-0.4, -0.2) is 28.5 Å². The summed E-state index contributed by atoms with van der Waals surface area (Å²) in [5, 5.41) is 0. The van der Waals surface area contributed by atoms with E-state index in [0.29, 0.717) is 5.75 Å². The highest BCUT2D eigenvalue weighted by molar-refractivity contribution is 7.90. The second-order valence-corrected chi connectivity index (χ2v) is 12.2. The molecule has 0 fully saturated rings. The van der Waals surface area contributed by atoms with Gasteiger partial charge in [-0.05, 0) is 6.42 Å². The van der Waals surface area contributed by atoms with Gasteiger partial charge in [-0.3, -0.25) is 0 Å². The summed E-state index contributed by atoms with van der Waals surface area (Å²) < 4.78 is 21.5. The van der Waals surface area contributed by atoms with Crippen LogP contribution in [0.15, 0.2) is 0 Å². The van der Waals surface area contributed by atoms with Crippen molar-refractivity contribution in [2.75, 3.05) is 12.0 Å². The van der Waals surface area contributed by atoms with Crippen molar-refractivity contribution in [3.8, 4) is 0 Å². The molecule has 0 saturated carbocycles. The van der Waals surface area contributed by atoms with Crippen LogP contribution >= 0.6 is 0 Å². The third-order valence-electron chi connectivity index (χ3n) is 1.44. The van der Waals surface area contributed by atoms with Gasteiger partial charge in [0.1, 0.15) is 9.84 Å². The molecule has 0 aromatic heterocycles. The van der Waals surface area contributed by atoms with Gasteiger partial charge in [0.15, 0.2) is 0 Å². The molecule has 0 atom stereocenters. The third-order valence-corrected chi connectivity index (χ3v) is 4.33. The first-order chi connectivity index (χ1) is 4.71. The Balaban J connectivity index is 3.61. The quantitative estimate of drug-likeness (QED) is 0.639. The Morgan fingerprint density at radius 1 is 1.18 bits per heavy atom. The fourth-order valence-electron chi connectivity index (χ4n) is 0.865. The average Bonchev–Trinajstić information content (AvgIpc) is 1.55. The fourth-order valence-corrected chi connectivity index (χ4v) is 3.03. The molecule has 0 spiro atoms. The van der Waals surface area contributed by atoms with Crippen LogP contribution in [0.1, 0.15) is 6.42 Å². The van der Waals surface area contributed by atoms with Crippen molar-refractivity contribution < 1.29 is 8.42 Å². The maximum atomic E-state index is 10.7. The Labute approximate surface area is 70.9 Å². The topological polar surface area (TPSA) is 34.1 Å². The minimum atomic E-state index is -2.72. The zero-order chi connectivity index (χ0) is 9.12. The van der Waals surface area contributed by atoms with Gasteiger partial charge in [0.2, 0.25) is 0 Å². The van der Waals surface area contributed by atoms with E-state index in [-0.39, 0.29) is 0 Å². The SMILES string of the molecule is C[Si](C)(C)CCCS(C)(=O)=O. The van der Waals surface area contributed by atoms with Crippen molar-refractivity contribution in [3.05, 3.63) is 0 Å². The molecule has 4 heteroatoms. The summed E-state index contributed by atoms with van der Waals surface area (Å²) in [5.74, 6) is 0.358. The van der Waals surface area contributed by atoms with Crippen molar-refractivity contribution in [1.82, 2.24) is 0 Å². The van der Waals surface area contributed by atoms with Crippen molar-refractivity contribution in [1.29, 1.82) is 0 Å². The highest BCUT2D eigenvalue weighted by Crippen LogP contribution is 2.11. The molecular weight excluding hydrogens is 176 g/mol. The molecule has 0 saturated heterocycles. The van der Waals surface area contributed by atoms with E-state index < -0.39 is 17.9 Å². The first-order valence-corrected chi connectivity index (χ1v) is 9.65. The molecular formula is C7H18O2SSi. The molecule has 0 aromatic carbocycles. The van der Waals surface area contributed by atoms with Gasteiger partial charge in [-0.1, -0.05) is 25.7 Å². The Bertz CT molecular complexity index is 201. The Morgan fingerprint density at radius 2 is 1.64 bits per heavy atom. The number of hydrogen-bond acceptors (Lipinski definition) is 2. The van der Waals surface area contributed by atoms with E-state index in [1.54, 1.807) is 0 Å². The zero-order valence-electron chi connectivity index (χ0n) is 7.85. The molecule has 68 valence electrons. The third kappa shape index (κ3) is 10.2. The maximum Gasteiger partial charge on any atom is 0.147 e. The maximum absolute atomic E-state index is 10.7. The van der Waals surface area contributed by atoms with Crippen LogP contribution in [-0.2, 0) is 9.84 Å². The van der Waals surface area contributed by atoms with Crippen LogP contribution in [0.3, 0.4) is 0 Å². The molecule has 2 nitrogen and oxygen atoms in total. The summed E-state index contributed by atoms with van der Waals surface area (Å²) in [6, 6.07) is 1.11. The Kier molecular flexibility index (Phi) is 3.77. The highest BCUT2D eigenvalue weighted by atomic mass is 32.2. The standard InChI is InChI=1S/C7H18O2SSi/c1-10(8,9)6-5-7-11(2,3)4/h5-7H2,1-4H3. The van der Waals surface area contributed by atoms with Crippen molar-refractivity contribution >= 4 is 17.9 Å². The molecule has 0 amide bonds. The lowest BCUT2D eigenvalue weighted by Gasteiger charge is -2.14. The number of sulfone groups is 1. The molecule has 0 unspecified atom stereocenters. The van der Waals surface area contributed by atoms with Crippen LogP contribution in [0, 0.1) is 0 Å². The van der Waals surface area contributed by atoms with E-state index in [4.69, 9.17) is 0 Å². The summed E-state index contributed by atoms with van der Waals surface area (Å²) in [4.78, 5) is 0. The van der Waals surface area contributed by atoms with Gasteiger partial charge in [-0.2, -0.15) is 0 Å². The summed E-state index contributed by atoms with van der Waals surface area (Å²) in [5.41, 5.74) is 0. The summed E-state index contributed by atoms with van der Waals surface area (Å²) in [6.45, 7) is 6.78. The van der Waals surface area contributed by atoms with E-state index in [1.165, 1.54) is 6.26 Å². The Hall–Kier alpha value is 0.167. The van der Waals surface area contributed by atoms with Crippen LogP contribution in [0.25, 0.3) is 0 Å². The van der Waals surface area contributed by atoms with Gasteiger partial charge in [-0.15, -0.1) is 0 Å². The van der Waals surface area contributed by atoms with Crippen molar-refractivity contribution in [2.45, 2.75) is 32.1 Å². The van der Waals surface area contributed by atoms with Gasteiger partial charge in [0.05, 0.1) is 0 Å². The minimum absolute atomic E-state index is 0.358. The molecule has 0 rings (SSSR count). The first kappa shape index (κ1) is 11.2. The van der Waals surface area contributed by atoms with Gasteiger partial charge in [0, 0.05) is 20.1 Å². The molecule has 0 heterocycles. The lowest BCUT2D eigenvalue weighted by Crippen LogP contribution is -2.20.